The second-order valence-electron chi connectivity index (χ2n) is 4.38. The zero-order valence-corrected chi connectivity index (χ0v) is 10.3. The molecule has 1 aliphatic carbocycles. The Labute approximate surface area is 98.2 Å². The molecule has 0 radical (unpaired) electrons. The van der Waals surface area contributed by atoms with Crippen LogP contribution in [0, 0.1) is 11.7 Å². The Bertz CT molecular complexity index is 353. The Morgan fingerprint density at radius 3 is 2.80 bits per heavy atom. The van der Waals surface area contributed by atoms with Gasteiger partial charge in [0.1, 0.15) is 5.82 Å². The Morgan fingerprint density at radius 2 is 2.20 bits per heavy atom. The predicted octanol–water partition coefficient (Wildman–Crippen LogP) is 4.19. The van der Waals surface area contributed by atoms with Crippen molar-refractivity contribution in [3.63, 3.8) is 0 Å². The van der Waals surface area contributed by atoms with E-state index in [9.17, 15) is 4.39 Å². The summed E-state index contributed by atoms with van der Waals surface area (Å²) in [4.78, 5) is 0. The van der Waals surface area contributed by atoms with Crippen LogP contribution in [-0.2, 0) is 0 Å². The van der Waals surface area contributed by atoms with Gasteiger partial charge in [-0.05, 0) is 59.3 Å². The number of rotatable bonds is 2. The van der Waals surface area contributed by atoms with Crippen LogP contribution < -0.4 is 5.32 Å². The Hall–Kier alpha value is -0.570. The Balaban J connectivity index is 2.04. The van der Waals surface area contributed by atoms with Crippen molar-refractivity contribution in [3.8, 4) is 0 Å². The van der Waals surface area contributed by atoms with Crippen molar-refractivity contribution < 1.29 is 4.39 Å². The average molecular weight is 272 g/mol. The van der Waals surface area contributed by atoms with Crippen LogP contribution in [0.25, 0.3) is 0 Å². The van der Waals surface area contributed by atoms with Gasteiger partial charge in [-0.25, -0.2) is 4.39 Å². The molecule has 2 rings (SSSR count). The van der Waals surface area contributed by atoms with Gasteiger partial charge in [0, 0.05) is 16.2 Å². The lowest BCUT2D eigenvalue weighted by Crippen LogP contribution is -2.15. The first-order valence-electron chi connectivity index (χ1n) is 5.37. The molecule has 82 valence electrons. The third-order valence-corrected chi connectivity index (χ3v) is 3.64. The van der Waals surface area contributed by atoms with Gasteiger partial charge in [0.15, 0.2) is 0 Å². The minimum atomic E-state index is -0.202. The molecular formula is C12H15BrFN. The molecule has 0 aromatic heterocycles. The second-order valence-corrected chi connectivity index (χ2v) is 5.24. The van der Waals surface area contributed by atoms with Crippen molar-refractivity contribution >= 4 is 21.6 Å². The van der Waals surface area contributed by atoms with Gasteiger partial charge in [-0.15, -0.1) is 0 Å². The summed E-state index contributed by atoms with van der Waals surface area (Å²) in [6, 6.07) is 5.33. The van der Waals surface area contributed by atoms with Crippen molar-refractivity contribution in [1.82, 2.24) is 0 Å². The summed E-state index contributed by atoms with van der Waals surface area (Å²) >= 11 is 3.37. The summed E-state index contributed by atoms with van der Waals surface area (Å²) < 4.78 is 13.7. The molecule has 1 fully saturated rings. The molecule has 1 aromatic rings. The van der Waals surface area contributed by atoms with Gasteiger partial charge in [-0.3, -0.25) is 0 Å². The van der Waals surface area contributed by atoms with Crippen molar-refractivity contribution in [3.05, 3.63) is 28.5 Å². The molecule has 1 N–H and O–H groups in total. The summed E-state index contributed by atoms with van der Waals surface area (Å²) in [5.41, 5.74) is 0.996. The van der Waals surface area contributed by atoms with E-state index in [4.69, 9.17) is 0 Å². The standard InChI is InChI=1S/C12H15BrFN/c1-8-2-4-10(6-8)15-12-5-3-9(14)7-11(12)13/h3,5,7-8,10,15H,2,4,6H2,1H3. The average Bonchev–Trinajstić information content (AvgIpc) is 2.56. The highest BCUT2D eigenvalue weighted by Gasteiger charge is 2.21. The number of hydrogen-bond donors (Lipinski definition) is 1. The normalized spacial score (nSPS) is 25.5. The lowest BCUT2D eigenvalue weighted by molar-refractivity contribution is 0.602. The van der Waals surface area contributed by atoms with Gasteiger partial charge in [0.25, 0.3) is 0 Å². The Morgan fingerprint density at radius 1 is 1.40 bits per heavy atom. The van der Waals surface area contributed by atoms with E-state index in [0.29, 0.717) is 6.04 Å². The van der Waals surface area contributed by atoms with E-state index < -0.39 is 0 Å². The molecule has 0 heterocycles. The fraction of sp³-hybridized carbons (Fsp3) is 0.500. The number of anilines is 1. The van der Waals surface area contributed by atoms with E-state index in [1.807, 2.05) is 0 Å². The molecule has 1 nitrogen and oxygen atoms in total. The quantitative estimate of drug-likeness (QED) is 0.851. The maximum absolute atomic E-state index is 12.9. The summed E-state index contributed by atoms with van der Waals surface area (Å²) in [6.45, 7) is 2.28. The van der Waals surface area contributed by atoms with Crippen LogP contribution in [0.3, 0.4) is 0 Å². The van der Waals surface area contributed by atoms with Gasteiger partial charge in [-0.1, -0.05) is 6.92 Å². The maximum Gasteiger partial charge on any atom is 0.124 e. The topological polar surface area (TPSA) is 12.0 Å². The minimum Gasteiger partial charge on any atom is -0.381 e. The molecule has 0 aliphatic heterocycles. The molecule has 0 bridgehead atoms. The van der Waals surface area contributed by atoms with Gasteiger partial charge >= 0.3 is 0 Å². The molecule has 1 aromatic carbocycles. The third-order valence-electron chi connectivity index (χ3n) is 2.99. The molecule has 1 saturated carbocycles. The van der Waals surface area contributed by atoms with E-state index in [1.54, 1.807) is 6.07 Å². The van der Waals surface area contributed by atoms with Crippen molar-refractivity contribution in [2.24, 2.45) is 5.92 Å². The van der Waals surface area contributed by atoms with Gasteiger partial charge in [0.2, 0.25) is 0 Å². The molecule has 0 saturated heterocycles. The van der Waals surface area contributed by atoms with E-state index in [2.05, 4.69) is 28.2 Å². The van der Waals surface area contributed by atoms with E-state index in [0.717, 1.165) is 16.1 Å². The van der Waals surface area contributed by atoms with Crippen LogP contribution in [0.5, 0.6) is 0 Å². The second kappa shape index (κ2) is 4.52. The lowest BCUT2D eigenvalue weighted by atomic mass is 10.1. The summed E-state index contributed by atoms with van der Waals surface area (Å²) in [6.07, 6.45) is 3.71. The molecule has 0 amide bonds. The van der Waals surface area contributed by atoms with Gasteiger partial charge in [-0.2, -0.15) is 0 Å². The van der Waals surface area contributed by atoms with Crippen molar-refractivity contribution in [2.45, 2.75) is 32.2 Å². The monoisotopic (exact) mass is 271 g/mol. The SMILES string of the molecule is CC1CCC(Nc2ccc(F)cc2Br)C1. The molecule has 15 heavy (non-hydrogen) atoms. The van der Waals surface area contributed by atoms with Crippen LogP contribution in [0.15, 0.2) is 22.7 Å². The van der Waals surface area contributed by atoms with Crippen molar-refractivity contribution in [2.75, 3.05) is 5.32 Å². The first kappa shape index (κ1) is 10.9. The highest BCUT2D eigenvalue weighted by molar-refractivity contribution is 9.10. The summed E-state index contributed by atoms with van der Waals surface area (Å²) in [7, 11) is 0. The van der Waals surface area contributed by atoms with Crippen LogP contribution in [-0.4, -0.2) is 6.04 Å². The number of benzene rings is 1. The summed E-state index contributed by atoms with van der Waals surface area (Å²) in [5.74, 6) is 0.605. The zero-order chi connectivity index (χ0) is 10.8. The van der Waals surface area contributed by atoms with Crippen LogP contribution in [0.4, 0.5) is 10.1 Å². The van der Waals surface area contributed by atoms with Crippen LogP contribution in [0.1, 0.15) is 26.2 Å². The minimum absolute atomic E-state index is 0.202. The van der Waals surface area contributed by atoms with Gasteiger partial charge < -0.3 is 5.32 Å². The highest BCUT2D eigenvalue weighted by atomic mass is 79.9. The number of halogens is 2. The molecular weight excluding hydrogens is 257 g/mol. The Kier molecular flexibility index (Phi) is 3.29. The fourth-order valence-corrected chi connectivity index (χ4v) is 2.63. The fourth-order valence-electron chi connectivity index (χ4n) is 2.16. The van der Waals surface area contributed by atoms with Crippen molar-refractivity contribution in [1.29, 1.82) is 0 Å². The number of hydrogen-bond acceptors (Lipinski definition) is 1. The molecule has 2 unspecified atom stereocenters. The summed E-state index contributed by atoms with van der Waals surface area (Å²) in [5, 5.41) is 3.45. The highest BCUT2D eigenvalue weighted by Crippen LogP contribution is 2.30. The maximum atomic E-state index is 12.9. The van der Waals surface area contributed by atoms with E-state index in [1.165, 1.54) is 31.4 Å². The predicted molar refractivity (Wildman–Crippen MR) is 64.5 cm³/mol. The molecule has 2 atom stereocenters. The first-order valence-corrected chi connectivity index (χ1v) is 6.16. The smallest absolute Gasteiger partial charge is 0.124 e. The van der Waals surface area contributed by atoms with E-state index >= 15 is 0 Å². The zero-order valence-electron chi connectivity index (χ0n) is 8.76. The van der Waals surface area contributed by atoms with Crippen LogP contribution >= 0.6 is 15.9 Å². The molecule has 3 heteroatoms. The van der Waals surface area contributed by atoms with E-state index in [-0.39, 0.29) is 5.82 Å². The third kappa shape index (κ3) is 2.71. The number of nitrogens with one attached hydrogen (secondary N) is 1. The first-order chi connectivity index (χ1) is 7.15. The molecule has 1 aliphatic rings. The largest absolute Gasteiger partial charge is 0.381 e. The molecule has 0 spiro atoms. The van der Waals surface area contributed by atoms with Crippen LogP contribution in [0.2, 0.25) is 0 Å². The lowest BCUT2D eigenvalue weighted by Gasteiger charge is -2.15. The van der Waals surface area contributed by atoms with Gasteiger partial charge in [0.05, 0.1) is 0 Å².